The molecular formula is C26H29NO5. The second-order valence-electron chi connectivity index (χ2n) is 8.70. The average Bonchev–Trinajstić information content (AvgIpc) is 3.14. The number of Topliss-reactive ketones (excluding diaryl/α,β-unsaturated/α-hetero) is 1. The maximum absolute atomic E-state index is 13.3. The van der Waals surface area contributed by atoms with Crippen molar-refractivity contribution in [3.8, 4) is 23.0 Å². The molecule has 2 aliphatic heterocycles. The summed E-state index contributed by atoms with van der Waals surface area (Å²) in [7, 11) is 3.17. The van der Waals surface area contributed by atoms with E-state index >= 15 is 0 Å². The second kappa shape index (κ2) is 8.51. The lowest BCUT2D eigenvalue weighted by Gasteiger charge is -2.37. The van der Waals surface area contributed by atoms with Crippen LogP contribution in [0, 0.1) is 6.92 Å². The standard InChI is InChI=1S/C26H29NO5/c1-16-24-18(14-27(15-31-24)19-9-5-4-6-10-19)12-20-23(28)22(32-25(16)20)13-17-8-7-11-21(29-2)26(17)30-3/h7-8,11-13,19H,4-6,9-10,14-15H2,1-3H3/b22-13-. The number of benzene rings is 2. The van der Waals surface area contributed by atoms with Crippen molar-refractivity contribution >= 4 is 11.9 Å². The molecule has 0 radical (unpaired) electrons. The van der Waals surface area contributed by atoms with Crippen LogP contribution in [0.4, 0.5) is 0 Å². The Morgan fingerprint density at radius 3 is 2.66 bits per heavy atom. The summed E-state index contributed by atoms with van der Waals surface area (Å²) in [5.74, 6) is 2.77. The van der Waals surface area contributed by atoms with Gasteiger partial charge in [0.25, 0.3) is 0 Å². The summed E-state index contributed by atoms with van der Waals surface area (Å²) >= 11 is 0. The molecule has 0 atom stereocenters. The Balaban J connectivity index is 1.46. The molecule has 1 aliphatic carbocycles. The number of carbonyl (C=O) groups excluding carboxylic acids is 1. The summed E-state index contributed by atoms with van der Waals surface area (Å²) in [5.41, 5.74) is 3.28. The van der Waals surface area contributed by atoms with Gasteiger partial charge in [-0.1, -0.05) is 31.4 Å². The molecule has 0 N–H and O–H groups in total. The third kappa shape index (κ3) is 3.52. The molecular weight excluding hydrogens is 406 g/mol. The zero-order valence-electron chi connectivity index (χ0n) is 18.9. The van der Waals surface area contributed by atoms with E-state index in [1.807, 2.05) is 31.2 Å². The normalized spacial score (nSPS) is 19.8. The van der Waals surface area contributed by atoms with E-state index in [0.717, 1.165) is 29.0 Å². The maximum Gasteiger partial charge on any atom is 0.231 e. The Morgan fingerprint density at radius 2 is 1.91 bits per heavy atom. The number of hydrogen-bond donors (Lipinski definition) is 0. The number of hydrogen-bond acceptors (Lipinski definition) is 6. The van der Waals surface area contributed by atoms with Gasteiger partial charge >= 0.3 is 0 Å². The third-order valence-corrected chi connectivity index (χ3v) is 6.78. The van der Waals surface area contributed by atoms with Crippen molar-refractivity contribution in [2.24, 2.45) is 0 Å². The Morgan fingerprint density at radius 1 is 1.09 bits per heavy atom. The van der Waals surface area contributed by atoms with E-state index < -0.39 is 0 Å². The van der Waals surface area contributed by atoms with E-state index in [9.17, 15) is 4.79 Å². The lowest BCUT2D eigenvalue weighted by molar-refractivity contribution is 0.0397. The van der Waals surface area contributed by atoms with E-state index in [1.165, 1.54) is 32.1 Å². The van der Waals surface area contributed by atoms with E-state index in [0.29, 0.717) is 35.6 Å². The molecule has 6 heteroatoms. The molecule has 32 heavy (non-hydrogen) atoms. The first-order valence-corrected chi connectivity index (χ1v) is 11.3. The first-order chi connectivity index (χ1) is 15.6. The maximum atomic E-state index is 13.3. The Bertz CT molecular complexity index is 1080. The third-order valence-electron chi connectivity index (χ3n) is 6.78. The van der Waals surface area contributed by atoms with Gasteiger partial charge in [-0.2, -0.15) is 0 Å². The van der Waals surface area contributed by atoms with E-state index in [2.05, 4.69) is 4.90 Å². The molecule has 6 nitrogen and oxygen atoms in total. The topological polar surface area (TPSA) is 57.2 Å². The zero-order chi connectivity index (χ0) is 22.2. The van der Waals surface area contributed by atoms with Crippen LogP contribution < -0.4 is 18.9 Å². The lowest BCUT2D eigenvalue weighted by Crippen LogP contribution is -2.41. The van der Waals surface area contributed by atoms with Gasteiger partial charge in [0.2, 0.25) is 5.78 Å². The molecule has 1 saturated carbocycles. The monoisotopic (exact) mass is 435 g/mol. The van der Waals surface area contributed by atoms with E-state index in [-0.39, 0.29) is 11.5 Å². The largest absolute Gasteiger partial charge is 0.493 e. The van der Waals surface area contributed by atoms with Crippen LogP contribution in [-0.4, -0.2) is 37.7 Å². The van der Waals surface area contributed by atoms with Crippen LogP contribution in [0.1, 0.15) is 59.2 Å². The van der Waals surface area contributed by atoms with Crippen LogP contribution in [0.3, 0.4) is 0 Å². The van der Waals surface area contributed by atoms with Crippen LogP contribution in [-0.2, 0) is 6.54 Å². The molecule has 0 bridgehead atoms. The smallest absolute Gasteiger partial charge is 0.231 e. The molecule has 0 spiro atoms. The first kappa shape index (κ1) is 20.9. The van der Waals surface area contributed by atoms with Gasteiger partial charge in [0.15, 0.2) is 17.3 Å². The predicted molar refractivity (Wildman–Crippen MR) is 122 cm³/mol. The van der Waals surface area contributed by atoms with Crippen LogP contribution in [0.15, 0.2) is 30.0 Å². The van der Waals surface area contributed by atoms with Gasteiger partial charge in [0.05, 0.1) is 19.8 Å². The number of methoxy groups -OCH3 is 2. The molecule has 0 aromatic heterocycles. The molecule has 0 amide bonds. The summed E-state index contributed by atoms with van der Waals surface area (Å²) in [6.45, 7) is 3.37. The molecule has 168 valence electrons. The Hall–Kier alpha value is -2.99. The van der Waals surface area contributed by atoms with Crippen molar-refractivity contribution in [3.05, 3.63) is 52.3 Å². The number of ketones is 1. The van der Waals surface area contributed by atoms with Crippen LogP contribution in [0.2, 0.25) is 0 Å². The summed E-state index contributed by atoms with van der Waals surface area (Å²) in [4.78, 5) is 15.7. The van der Waals surface area contributed by atoms with Crippen molar-refractivity contribution in [3.63, 3.8) is 0 Å². The first-order valence-electron chi connectivity index (χ1n) is 11.3. The van der Waals surface area contributed by atoms with Crippen molar-refractivity contribution in [1.29, 1.82) is 0 Å². The van der Waals surface area contributed by atoms with Gasteiger partial charge in [-0.3, -0.25) is 9.69 Å². The highest BCUT2D eigenvalue weighted by atomic mass is 16.5. The van der Waals surface area contributed by atoms with Crippen LogP contribution >= 0.6 is 0 Å². The van der Waals surface area contributed by atoms with Gasteiger partial charge in [0.1, 0.15) is 18.2 Å². The summed E-state index contributed by atoms with van der Waals surface area (Å²) in [6, 6.07) is 8.07. The fourth-order valence-electron chi connectivity index (χ4n) is 5.11. The highest BCUT2D eigenvalue weighted by Crippen LogP contribution is 2.44. The SMILES string of the molecule is COc1cccc(/C=C2\Oc3c(cc4c(c3C)OCN(C3CCCCC3)C4)C2=O)c1OC. The quantitative estimate of drug-likeness (QED) is 0.622. The van der Waals surface area contributed by atoms with Crippen molar-refractivity contribution < 1.29 is 23.7 Å². The Kier molecular flexibility index (Phi) is 5.55. The van der Waals surface area contributed by atoms with Crippen molar-refractivity contribution in [1.82, 2.24) is 4.90 Å². The number of para-hydroxylation sites is 1. The van der Waals surface area contributed by atoms with Gasteiger partial charge in [0, 0.05) is 29.3 Å². The number of rotatable bonds is 4. The van der Waals surface area contributed by atoms with Gasteiger partial charge in [-0.15, -0.1) is 0 Å². The van der Waals surface area contributed by atoms with Gasteiger partial charge in [-0.25, -0.2) is 0 Å². The molecule has 2 aromatic rings. The number of nitrogens with zero attached hydrogens (tertiary/aromatic N) is 1. The molecule has 2 aromatic carbocycles. The van der Waals surface area contributed by atoms with Crippen LogP contribution in [0.25, 0.3) is 6.08 Å². The number of carbonyl (C=O) groups is 1. The molecule has 1 fully saturated rings. The van der Waals surface area contributed by atoms with Crippen molar-refractivity contribution in [2.75, 3.05) is 21.0 Å². The van der Waals surface area contributed by atoms with E-state index in [4.69, 9.17) is 18.9 Å². The fraction of sp³-hybridized carbons (Fsp3) is 0.423. The Labute approximate surface area is 188 Å². The van der Waals surface area contributed by atoms with Crippen molar-refractivity contribution in [2.45, 2.75) is 51.6 Å². The predicted octanol–water partition coefficient (Wildman–Crippen LogP) is 5.11. The highest BCUT2D eigenvalue weighted by molar-refractivity contribution is 6.15. The highest BCUT2D eigenvalue weighted by Gasteiger charge is 2.35. The minimum atomic E-state index is -0.120. The lowest BCUT2D eigenvalue weighted by atomic mass is 9.93. The van der Waals surface area contributed by atoms with E-state index in [1.54, 1.807) is 20.3 Å². The average molecular weight is 436 g/mol. The molecule has 0 saturated heterocycles. The number of ether oxygens (including phenoxy) is 4. The molecule has 5 rings (SSSR count). The minimum absolute atomic E-state index is 0.120. The second-order valence-corrected chi connectivity index (χ2v) is 8.70. The van der Waals surface area contributed by atoms with Gasteiger partial charge in [-0.05, 0) is 38.0 Å². The van der Waals surface area contributed by atoms with Crippen LogP contribution in [0.5, 0.6) is 23.0 Å². The molecule has 0 unspecified atom stereocenters. The molecule has 2 heterocycles. The van der Waals surface area contributed by atoms with Gasteiger partial charge < -0.3 is 18.9 Å². The fourth-order valence-corrected chi connectivity index (χ4v) is 5.11. The zero-order valence-corrected chi connectivity index (χ0v) is 18.9. The number of allylic oxidation sites excluding steroid dienone is 1. The number of fused-ring (bicyclic) bond motifs is 2. The summed E-state index contributed by atoms with van der Waals surface area (Å²) < 4.78 is 23.1. The summed E-state index contributed by atoms with van der Waals surface area (Å²) in [5, 5.41) is 0. The summed E-state index contributed by atoms with van der Waals surface area (Å²) in [6.07, 6.45) is 8.06. The molecule has 3 aliphatic rings. The minimum Gasteiger partial charge on any atom is -0.493 e.